The Morgan fingerprint density at radius 1 is 1.25 bits per heavy atom. The first kappa shape index (κ1) is 14.2. The fourth-order valence-corrected chi connectivity index (χ4v) is 3.09. The van der Waals surface area contributed by atoms with E-state index in [2.05, 4.69) is 49.9 Å². The van der Waals surface area contributed by atoms with Crippen LogP contribution in [-0.2, 0) is 6.54 Å². The molecule has 1 aliphatic heterocycles. The standard InChI is InChI=1S/C15H15Br2NO2/c1-9-5-11-14(19-9)7-18(2)8-15(11)20-10-3-4-12(16)13(17)6-10/h3-6,15H,7-8H2,1-2H3. The maximum Gasteiger partial charge on any atom is 0.140 e. The molecule has 3 nitrogen and oxygen atoms in total. The first-order valence-corrected chi connectivity index (χ1v) is 8.01. The molecule has 5 heteroatoms. The van der Waals surface area contributed by atoms with E-state index in [0.29, 0.717) is 0 Å². The summed E-state index contributed by atoms with van der Waals surface area (Å²) in [7, 11) is 2.08. The van der Waals surface area contributed by atoms with E-state index in [4.69, 9.17) is 9.15 Å². The average molecular weight is 401 g/mol. The lowest BCUT2D eigenvalue weighted by Crippen LogP contribution is -2.32. The van der Waals surface area contributed by atoms with Crippen LogP contribution in [0.4, 0.5) is 0 Å². The molecule has 0 spiro atoms. The van der Waals surface area contributed by atoms with Crippen LogP contribution in [0, 0.1) is 6.92 Å². The van der Waals surface area contributed by atoms with E-state index in [9.17, 15) is 0 Å². The van der Waals surface area contributed by atoms with Crippen molar-refractivity contribution >= 4 is 31.9 Å². The van der Waals surface area contributed by atoms with Crippen molar-refractivity contribution in [1.29, 1.82) is 0 Å². The average Bonchev–Trinajstić information content (AvgIpc) is 2.74. The van der Waals surface area contributed by atoms with E-state index in [0.717, 1.165) is 39.3 Å². The molecule has 0 amide bonds. The highest BCUT2D eigenvalue weighted by Crippen LogP contribution is 2.34. The molecule has 1 aromatic carbocycles. The normalized spacial score (nSPS) is 18.9. The first-order valence-electron chi connectivity index (χ1n) is 6.42. The van der Waals surface area contributed by atoms with Crippen LogP contribution < -0.4 is 4.74 Å². The molecule has 2 aromatic rings. The molecule has 3 rings (SSSR count). The number of rotatable bonds is 2. The van der Waals surface area contributed by atoms with E-state index in [1.54, 1.807) is 0 Å². The van der Waals surface area contributed by atoms with Crippen LogP contribution in [0.15, 0.2) is 37.6 Å². The zero-order valence-electron chi connectivity index (χ0n) is 11.3. The second-order valence-electron chi connectivity index (χ2n) is 5.11. The van der Waals surface area contributed by atoms with Crippen molar-refractivity contribution in [3.8, 4) is 5.75 Å². The van der Waals surface area contributed by atoms with Gasteiger partial charge in [0.15, 0.2) is 0 Å². The summed E-state index contributed by atoms with van der Waals surface area (Å²) in [5, 5.41) is 0. The van der Waals surface area contributed by atoms with Gasteiger partial charge in [-0.25, -0.2) is 0 Å². The van der Waals surface area contributed by atoms with Crippen LogP contribution in [0.5, 0.6) is 5.75 Å². The van der Waals surface area contributed by atoms with Gasteiger partial charge < -0.3 is 9.15 Å². The van der Waals surface area contributed by atoms with E-state index in [-0.39, 0.29) is 6.10 Å². The van der Waals surface area contributed by atoms with E-state index in [1.807, 2.05) is 25.1 Å². The third-order valence-electron chi connectivity index (χ3n) is 3.37. The zero-order valence-corrected chi connectivity index (χ0v) is 14.5. The van der Waals surface area contributed by atoms with Crippen LogP contribution in [0.1, 0.15) is 23.2 Å². The molecule has 0 bridgehead atoms. The van der Waals surface area contributed by atoms with Gasteiger partial charge in [-0.15, -0.1) is 0 Å². The van der Waals surface area contributed by atoms with Crippen molar-refractivity contribution in [3.05, 3.63) is 50.3 Å². The van der Waals surface area contributed by atoms with Crippen LogP contribution in [0.3, 0.4) is 0 Å². The smallest absolute Gasteiger partial charge is 0.140 e. The highest BCUT2D eigenvalue weighted by atomic mass is 79.9. The molecule has 106 valence electrons. The van der Waals surface area contributed by atoms with Gasteiger partial charge >= 0.3 is 0 Å². The van der Waals surface area contributed by atoms with Gasteiger partial charge in [0.1, 0.15) is 23.4 Å². The Labute approximate surface area is 135 Å². The Balaban J connectivity index is 1.88. The van der Waals surface area contributed by atoms with Gasteiger partial charge in [0, 0.05) is 21.1 Å². The van der Waals surface area contributed by atoms with Crippen molar-refractivity contribution < 1.29 is 9.15 Å². The van der Waals surface area contributed by atoms with Crippen LogP contribution in [0.2, 0.25) is 0 Å². The minimum Gasteiger partial charge on any atom is -0.484 e. The van der Waals surface area contributed by atoms with Crippen molar-refractivity contribution in [2.45, 2.75) is 19.6 Å². The molecule has 0 radical (unpaired) electrons. The number of likely N-dealkylation sites (N-methyl/N-ethyl adjacent to an activating group) is 1. The maximum atomic E-state index is 6.15. The number of fused-ring (bicyclic) bond motifs is 1. The highest BCUT2D eigenvalue weighted by molar-refractivity contribution is 9.13. The molecule has 0 saturated heterocycles. The Morgan fingerprint density at radius 3 is 2.80 bits per heavy atom. The number of nitrogens with zero attached hydrogens (tertiary/aromatic N) is 1. The van der Waals surface area contributed by atoms with Crippen LogP contribution in [-0.4, -0.2) is 18.5 Å². The predicted molar refractivity (Wildman–Crippen MR) is 85.0 cm³/mol. The van der Waals surface area contributed by atoms with Gasteiger partial charge in [0.05, 0.1) is 6.54 Å². The number of aryl methyl sites for hydroxylation is 1. The Bertz CT molecular complexity index is 639. The summed E-state index contributed by atoms with van der Waals surface area (Å²) in [4.78, 5) is 2.21. The summed E-state index contributed by atoms with van der Waals surface area (Å²) in [6.07, 6.45) is 0.00859. The lowest BCUT2D eigenvalue weighted by molar-refractivity contribution is 0.119. The Morgan fingerprint density at radius 2 is 2.05 bits per heavy atom. The molecular weight excluding hydrogens is 386 g/mol. The predicted octanol–water partition coefficient (Wildman–Crippen LogP) is 4.68. The number of halogens is 2. The molecule has 0 saturated carbocycles. The summed E-state index contributed by atoms with van der Waals surface area (Å²) in [5.41, 5.74) is 1.17. The van der Waals surface area contributed by atoms with E-state index in [1.165, 1.54) is 5.56 Å². The molecule has 0 aliphatic carbocycles. The fourth-order valence-electron chi connectivity index (χ4n) is 2.48. The summed E-state index contributed by atoms with van der Waals surface area (Å²) in [6.45, 7) is 3.68. The lowest BCUT2D eigenvalue weighted by Gasteiger charge is -2.29. The topological polar surface area (TPSA) is 25.6 Å². The van der Waals surface area contributed by atoms with Gasteiger partial charge in [-0.1, -0.05) is 0 Å². The minimum atomic E-state index is 0.00859. The van der Waals surface area contributed by atoms with Gasteiger partial charge in [0.2, 0.25) is 0 Å². The van der Waals surface area contributed by atoms with Crippen molar-refractivity contribution in [1.82, 2.24) is 4.90 Å². The largest absolute Gasteiger partial charge is 0.484 e. The second kappa shape index (κ2) is 5.54. The maximum absolute atomic E-state index is 6.15. The van der Waals surface area contributed by atoms with Crippen molar-refractivity contribution in [3.63, 3.8) is 0 Å². The van der Waals surface area contributed by atoms with E-state index >= 15 is 0 Å². The molecule has 0 fully saturated rings. The third-order valence-corrected chi connectivity index (χ3v) is 5.25. The molecular formula is C15H15Br2NO2. The first-order chi connectivity index (χ1) is 9.52. The summed E-state index contributed by atoms with van der Waals surface area (Å²) >= 11 is 6.97. The zero-order chi connectivity index (χ0) is 14.3. The number of hydrogen-bond acceptors (Lipinski definition) is 3. The summed E-state index contributed by atoms with van der Waals surface area (Å²) in [6, 6.07) is 8.01. The molecule has 1 unspecified atom stereocenters. The van der Waals surface area contributed by atoms with Gasteiger partial charge in [-0.3, -0.25) is 4.90 Å². The van der Waals surface area contributed by atoms with Gasteiger partial charge in [-0.05, 0) is 70.1 Å². The number of hydrogen-bond donors (Lipinski definition) is 0. The Kier molecular flexibility index (Phi) is 3.93. The number of ether oxygens (including phenoxy) is 1. The summed E-state index contributed by atoms with van der Waals surface area (Å²) in [5.74, 6) is 2.80. The van der Waals surface area contributed by atoms with Crippen molar-refractivity contribution in [2.75, 3.05) is 13.6 Å². The summed E-state index contributed by atoms with van der Waals surface area (Å²) < 4.78 is 13.9. The molecule has 1 aliphatic rings. The second-order valence-corrected chi connectivity index (χ2v) is 6.82. The third kappa shape index (κ3) is 2.80. The number of furan rings is 1. The monoisotopic (exact) mass is 399 g/mol. The minimum absolute atomic E-state index is 0.00859. The van der Waals surface area contributed by atoms with Crippen molar-refractivity contribution in [2.24, 2.45) is 0 Å². The molecule has 1 atom stereocenters. The quantitative estimate of drug-likeness (QED) is 0.731. The highest BCUT2D eigenvalue weighted by Gasteiger charge is 2.28. The van der Waals surface area contributed by atoms with Crippen LogP contribution >= 0.6 is 31.9 Å². The lowest BCUT2D eigenvalue weighted by atomic mass is 10.1. The Hall–Kier alpha value is -0.780. The SMILES string of the molecule is Cc1cc2c(o1)CN(C)CC2Oc1ccc(Br)c(Br)c1. The molecule has 0 N–H and O–H groups in total. The van der Waals surface area contributed by atoms with Gasteiger partial charge in [-0.2, -0.15) is 0 Å². The molecule has 20 heavy (non-hydrogen) atoms. The fraction of sp³-hybridized carbons (Fsp3) is 0.333. The van der Waals surface area contributed by atoms with Gasteiger partial charge in [0.25, 0.3) is 0 Å². The number of benzene rings is 1. The molecule has 1 aromatic heterocycles. The molecule has 2 heterocycles. The van der Waals surface area contributed by atoms with Crippen LogP contribution in [0.25, 0.3) is 0 Å². The van der Waals surface area contributed by atoms with E-state index < -0.39 is 0 Å².